The molecule has 0 radical (unpaired) electrons. The van der Waals surface area contributed by atoms with Crippen molar-refractivity contribution in [2.24, 2.45) is 7.05 Å². The fourth-order valence-electron chi connectivity index (χ4n) is 1.65. The Kier molecular flexibility index (Phi) is 7.10. The number of carbonyl (C=O) groups excluding carboxylic acids is 2. The number of hydrogen-bond acceptors (Lipinski definition) is 4. The number of amides is 1. The van der Waals surface area contributed by atoms with Gasteiger partial charge in [0.2, 0.25) is 5.91 Å². The lowest BCUT2D eigenvalue weighted by Gasteiger charge is -2.02. The summed E-state index contributed by atoms with van der Waals surface area (Å²) in [5.41, 5.74) is 0.873. The second kappa shape index (κ2) is 8.90. The van der Waals surface area contributed by atoms with Crippen LogP contribution in [-0.2, 0) is 21.4 Å². The Bertz CT molecular complexity index is 466. The van der Waals surface area contributed by atoms with E-state index in [1.54, 1.807) is 17.0 Å². The van der Waals surface area contributed by atoms with Gasteiger partial charge in [-0.1, -0.05) is 6.42 Å². The normalized spacial score (nSPS) is 10.7. The summed E-state index contributed by atoms with van der Waals surface area (Å²) in [6.07, 6.45) is 7.85. The number of nitrogens with zero attached hydrogens (tertiary/aromatic N) is 2. The van der Waals surface area contributed by atoms with Gasteiger partial charge in [-0.05, 0) is 25.0 Å². The SMILES string of the molecule is COC(=O)CCCCCNC(=O)/C=C/c1ccnn1C. The minimum atomic E-state index is -0.187. The third kappa shape index (κ3) is 6.17. The summed E-state index contributed by atoms with van der Waals surface area (Å²) in [6, 6.07) is 1.83. The maximum atomic E-state index is 11.5. The molecule has 1 heterocycles. The molecule has 1 aromatic rings. The summed E-state index contributed by atoms with van der Waals surface area (Å²) < 4.78 is 6.24. The minimum absolute atomic E-state index is 0.126. The quantitative estimate of drug-likeness (QED) is 0.442. The van der Waals surface area contributed by atoms with E-state index in [2.05, 4.69) is 15.2 Å². The van der Waals surface area contributed by atoms with E-state index in [1.807, 2.05) is 13.1 Å². The van der Waals surface area contributed by atoms with Crippen LogP contribution < -0.4 is 5.32 Å². The van der Waals surface area contributed by atoms with Gasteiger partial charge in [0.05, 0.1) is 12.8 Å². The molecule has 20 heavy (non-hydrogen) atoms. The number of esters is 1. The van der Waals surface area contributed by atoms with Gasteiger partial charge >= 0.3 is 5.97 Å². The van der Waals surface area contributed by atoms with E-state index in [0.29, 0.717) is 13.0 Å². The third-order valence-electron chi connectivity index (χ3n) is 2.85. The molecule has 0 bridgehead atoms. The molecule has 110 valence electrons. The molecule has 0 fully saturated rings. The molecule has 0 spiro atoms. The van der Waals surface area contributed by atoms with Crippen LogP contribution >= 0.6 is 0 Å². The fourth-order valence-corrected chi connectivity index (χ4v) is 1.65. The molecule has 1 amide bonds. The molecule has 0 aliphatic carbocycles. The van der Waals surface area contributed by atoms with Crippen molar-refractivity contribution < 1.29 is 14.3 Å². The number of aryl methyl sites for hydroxylation is 1. The fraction of sp³-hybridized carbons (Fsp3) is 0.500. The van der Waals surface area contributed by atoms with E-state index < -0.39 is 0 Å². The summed E-state index contributed by atoms with van der Waals surface area (Å²) in [6.45, 7) is 0.607. The smallest absolute Gasteiger partial charge is 0.305 e. The number of carbonyl (C=O) groups is 2. The van der Waals surface area contributed by atoms with Gasteiger partial charge < -0.3 is 10.1 Å². The minimum Gasteiger partial charge on any atom is -0.469 e. The van der Waals surface area contributed by atoms with Crippen molar-refractivity contribution in [3.63, 3.8) is 0 Å². The lowest BCUT2D eigenvalue weighted by atomic mass is 10.2. The molecular formula is C14H21N3O3. The molecule has 0 aliphatic heterocycles. The van der Waals surface area contributed by atoms with Gasteiger partial charge in [-0.25, -0.2) is 0 Å². The predicted molar refractivity (Wildman–Crippen MR) is 75.7 cm³/mol. The van der Waals surface area contributed by atoms with Gasteiger partial charge in [-0.3, -0.25) is 14.3 Å². The van der Waals surface area contributed by atoms with Crippen molar-refractivity contribution >= 4 is 18.0 Å². The van der Waals surface area contributed by atoms with Crippen LogP contribution in [0.4, 0.5) is 0 Å². The Balaban J connectivity index is 2.10. The summed E-state index contributed by atoms with van der Waals surface area (Å²) in [5.74, 6) is -0.313. The van der Waals surface area contributed by atoms with Crippen LogP contribution in [0.1, 0.15) is 31.4 Å². The van der Waals surface area contributed by atoms with Gasteiger partial charge in [0, 0.05) is 32.3 Å². The van der Waals surface area contributed by atoms with Crippen LogP contribution in [0.5, 0.6) is 0 Å². The largest absolute Gasteiger partial charge is 0.469 e. The number of ether oxygens (including phenoxy) is 1. The van der Waals surface area contributed by atoms with E-state index in [0.717, 1.165) is 25.0 Å². The lowest BCUT2D eigenvalue weighted by Crippen LogP contribution is -2.22. The highest BCUT2D eigenvalue weighted by Gasteiger charge is 2.00. The molecule has 0 aromatic carbocycles. The predicted octanol–water partition coefficient (Wildman–Crippen LogP) is 1.28. The monoisotopic (exact) mass is 279 g/mol. The third-order valence-corrected chi connectivity index (χ3v) is 2.85. The zero-order valence-electron chi connectivity index (χ0n) is 12.0. The van der Waals surface area contributed by atoms with E-state index in [9.17, 15) is 9.59 Å². The Morgan fingerprint density at radius 3 is 2.85 bits per heavy atom. The van der Waals surface area contributed by atoms with Gasteiger partial charge in [0.15, 0.2) is 0 Å². The highest BCUT2D eigenvalue weighted by molar-refractivity contribution is 5.91. The summed E-state index contributed by atoms with van der Waals surface area (Å²) in [4.78, 5) is 22.4. The molecule has 0 atom stereocenters. The first-order valence-corrected chi connectivity index (χ1v) is 6.64. The van der Waals surface area contributed by atoms with Crippen LogP contribution in [0.3, 0.4) is 0 Å². The number of unbranched alkanes of at least 4 members (excludes halogenated alkanes) is 2. The number of hydrogen-bond donors (Lipinski definition) is 1. The van der Waals surface area contributed by atoms with E-state index in [1.165, 1.54) is 13.2 Å². The number of nitrogens with one attached hydrogen (secondary N) is 1. The van der Waals surface area contributed by atoms with Gasteiger partial charge in [-0.2, -0.15) is 5.10 Å². The van der Waals surface area contributed by atoms with Crippen molar-refractivity contribution in [1.29, 1.82) is 0 Å². The van der Waals surface area contributed by atoms with Crippen molar-refractivity contribution in [3.05, 3.63) is 24.0 Å². The van der Waals surface area contributed by atoms with E-state index in [4.69, 9.17) is 0 Å². The Labute approximate surface area is 118 Å². The van der Waals surface area contributed by atoms with Crippen LogP contribution in [0.15, 0.2) is 18.3 Å². The Hall–Kier alpha value is -2.11. The van der Waals surface area contributed by atoms with Crippen LogP contribution in [0.2, 0.25) is 0 Å². The zero-order chi connectivity index (χ0) is 14.8. The average molecular weight is 279 g/mol. The van der Waals surface area contributed by atoms with Gasteiger partial charge in [0.1, 0.15) is 0 Å². The van der Waals surface area contributed by atoms with Crippen molar-refractivity contribution in [2.75, 3.05) is 13.7 Å². The number of rotatable bonds is 8. The molecule has 0 aliphatic rings. The molecule has 0 saturated carbocycles. The van der Waals surface area contributed by atoms with Crippen molar-refractivity contribution in [3.8, 4) is 0 Å². The standard InChI is InChI=1S/C14H21N3O3/c1-17-12(9-11-16-17)7-8-13(18)15-10-5-3-4-6-14(19)20-2/h7-9,11H,3-6,10H2,1-2H3,(H,15,18)/b8-7+. The Morgan fingerprint density at radius 1 is 1.40 bits per heavy atom. The average Bonchev–Trinajstić information content (AvgIpc) is 2.85. The topological polar surface area (TPSA) is 73.2 Å². The lowest BCUT2D eigenvalue weighted by molar-refractivity contribution is -0.140. The molecule has 0 unspecified atom stereocenters. The molecule has 1 N–H and O–H groups in total. The maximum Gasteiger partial charge on any atom is 0.305 e. The first-order valence-electron chi connectivity index (χ1n) is 6.64. The highest BCUT2D eigenvalue weighted by Crippen LogP contribution is 2.01. The number of aromatic nitrogens is 2. The second-order valence-corrected chi connectivity index (χ2v) is 4.39. The molecule has 1 aromatic heterocycles. The molecule has 1 rings (SSSR count). The molecule has 0 saturated heterocycles. The summed E-state index contributed by atoms with van der Waals surface area (Å²) >= 11 is 0. The highest BCUT2D eigenvalue weighted by atomic mass is 16.5. The summed E-state index contributed by atoms with van der Waals surface area (Å²) in [5, 5.41) is 6.80. The molecule has 6 nitrogen and oxygen atoms in total. The van der Waals surface area contributed by atoms with Crippen LogP contribution in [0, 0.1) is 0 Å². The molecule has 6 heteroatoms. The van der Waals surface area contributed by atoms with Gasteiger partial charge in [0.25, 0.3) is 0 Å². The maximum absolute atomic E-state index is 11.5. The van der Waals surface area contributed by atoms with E-state index >= 15 is 0 Å². The van der Waals surface area contributed by atoms with Crippen LogP contribution in [-0.4, -0.2) is 35.3 Å². The zero-order valence-corrected chi connectivity index (χ0v) is 12.0. The Morgan fingerprint density at radius 2 is 2.20 bits per heavy atom. The van der Waals surface area contributed by atoms with Crippen LogP contribution in [0.25, 0.3) is 6.08 Å². The first kappa shape index (κ1) is 15.9. The van der Waals surface area contributed by atoms with E-state index in [-0.39, 0.29) is 11.9 Å². The number of methoxy groups -OCH3 is 1. The summed E-state index contributed by atoms with van der Waals surface area (Å²) in [7, 11) is 3.20. The first-order chi connectivity index (χ1) is 9.63. The van der Waals surface area contributed by atoms with Crippen molar-refractivity contribution in [2.45, 2.75) is 25.7 Å². The molecular weight excluding hydrogens is 258 g/mol. The second-order valence-electron chi connectivity index (χ2n) is 4.39. The van der Waals surface area contributed by atoms with Gasteiger partial charge in [-0.15, -0.1) is 0 Å². The van der Waals surface area contributed by atoms with Crippen molar-refractivity contribution in [1.82, 2.24) is 15.1 Å².